The monoisotopic (exact) mass is 402 g/mol. The molecule has 0 saturated heterocycles. The summed E-state index contributed by atoms with van der Waals surface area (Å²) in [7, 11) is -1.97. The quantitative estimate of drug-likeness (QED) is 0.609. The molecule has 1 aromatic carbocycles. The van der Waals surface area contributed by atoms with E-state index in [1.54, 1.807) is 36.0 Å². The van der Waals surface area contributed by atoms with Crippen molar-refractivity contribution in [3.05, 3.63) is 24.3 Å². The zero-order valence-electron chi connectivity index (χ0n) is 16.2. The van der Waals surface area contributed by atoms with Gasteiger partial charge in [-0.05, 0) is 18.6 Å². The third kappa shape index (κ3) is 8.31. The van der Waals surface area contributed by atoms with Crippen LogP contribution in [0.5, 0.6) is 5.75 Å². The van der Waals surface area contributed by atoms with Crippen molar-refractivity contribution in [2.24, 2.45) is 0 Å². The molecule has 0 aliphatic carbocycles. The molecule has 0 saturated carbocycles. The highest BCUT2D eigenvalue weighted by atomic mass is 32.2. The number of methoxy groups -OCH3 is 1. The first-order valence-corrected chi connectivity index (χ1v) is 11.4. The van der Waals surface area contributed by atoms with Gasteiger partial charge in [-0.3, -0.25) is 9.10 Å². The first-order chi connectivity index (χ1) is 12.0. The van der Waals surface area contributed by atoms with Crippen molar-refractivity contribution >= 4 is 33.4 Å². The van der Waals surface area contributed by atoms with Gasteiger partial charge in [0, 0.05) is 30.0 Å². The highest BCUT2D eigenvalue weighted by Crippen LogP contribution is 2.29. The summed E-state index contributed by atoms with van der Waals surface area (Å²) >= 11 is 1.79. The molecule has 1 aromatic rings. The van der Waals surface area contributed by atoms with Crippen LogP contribution in [0.3, 0.4) is 0 Å². The number of hydrogen-bond acceptors (Lipinski definition) is 5. The number of ether oxygens (including phenoxy) is 1. The van der Waals surface area contributed by atoms with E-state index in [1.165, 1.54) is 11.4 Å². The molecule has 0 radical (unpaired) electrons. The van der Waals surface area contributed by atoms with Crippen LogP contribution in [0.4, 0.5) is 5.69 Å². The van der Waals surface area contributed by atoms with Gasteiger partial charge in [-0.2, -0.15) is 11.8 Å². The molecule has 0 unspecified atom stereocenters. The number of rotatable bonds is 10. The smallest absolute Gasteiger partial charge is 0.232 e. The van der Waals surface area contributed by atoms with Crippen LogP contribution in [-0.4, -0.2) is 51.3 Å². The molecule has 0 aliphatic rings. The van der Waals surface area contributed by atoms with Gasteiger partial charge in [0.2, 0.25) is 15.9 Å². The fourth-order valence-electron chi connectivity index (χ4n) is 2.32. The number of amides is 1. The molecule has 1 N–H and O–H groups in total. The lowest BCUT2D eigenvalue weighted by Gasteiger charge is -2.24. The van der Waals surface area contributed by atoms with Gasteiger partial charge in [0.25, 0.3) is 0 Å². The molecule has 0 atom stereocenters. The predicted octanol–water partition coefficient (Wildman–Crippen LogP) is 2.89. The van der Waals surface area contributed by atoms with Crippen LogP contribution < -0.4 is 14.4 Å². The van der Waals surface area contributed by atoms with E-state index in [0.29, 0.717) is 24.4 Å². The summed E-state index contributed by atoms with van der Waals surface area (Å²) in [6.45, 7) is 7.25. The minimum absolute atomic E-state index is 0.0620. The number of hydrogen-bond donors (Lipinski definition) is 1. The number of carbonyl (C=O) groups is 1. The highest BCUT2D eigenvalue weighted by molar-refractivity contribution is 8.00. The maximum atomic E-state index is 12.1. The zero-order valence-corrected chi connectivity index (χ0v) is 17.9. The third-order valence-electron chi connectivity index (χ3n) is 3.48. The SMILES string of the molecule is COc1ccccc1N(CCCC(=O)NCCSC(C)(C)C)S(C)(=O)=O. The van der Waals surface area contributed by atoms with Crippen molar-refractivity contribution in [1.29, 1.82) is 0 Å². The Hall–Kier alpha value is -1.41. The fourth-order valence-corrected chi connectivity index (χ4v) is 4.11. The Kier molecular flexibility index (Phi) is 8.76. The van der Waals surface area contributed by atoms with Crippen LogP contribution in [0.2, 0.25) is 0 Å². The Morgan fingerprint density at radius 2 is 1.92 bits per heavy atom. The molecule has 1 amide bonds. The Morgan fingerprint density at radius 3 is 2.50 bits per heavy atom. The summed E-state index contributed by atoms with van der Waals surface area (Å²) in [5.41, 5.74) is 0.486. The molecule has 6 nitrogen and oxygen atoms in total. The van der Waals surface area contributed by atoms with E-state index in [4.69, 9.17) is 4.74 Å². The summed E-state index contributed by atoms with van der Waals surface area (Å²) in [5, 5.41) is 2.88. The van der Waals surface area contributed by atoms with E-state index < -0.39 is 10.0 Å². The maximum absolute atomic E-state index is 12.1. The van der Waals surface area contributed by atoms with Crippen molar-refractivity contribution in [3.63, 3.8) is 0 Å². The van der Waals surface area contributed by atoms with Gasteiger partial charge in [-0.15, -0.1) is 0 Å². The van der Waals surface area contributed by atoms with Crippen LogP contribution in [0.1, 0.15) is 33.6 Å². The number of nitrogens with one attached hydrogen (secondary N) is 1. The summed E-state index contributed by atoms with van der Waals surface area (Å²) in [6.07, 6.45) is 1.87. The first-order valence-electron chi connectivity index (χ1n) is 8.56. The summed E-state index contributed by atoms with van der Waals surface area (Å²) in [6, 6.07) is 6.96. The van der Waals surface area contributed by atoms with E-state index in [2.05, 4.69) is 26.1 Å². The lowest BCUT2D eigenvalue weighted by atomic mass is 10.2. The average Bonchev–Trinajstić information content (AvgIpc) is 2.53. The van der Waals surface area contributed by atoms with Crippen LogP contribution in [0.15, 0.2) is 24.3 Å². The number of benzene rings is 1. The largest absolute Gasteiger partial charge is 0.495 e. The molecular formula is C18H30N2O4S2. The van der Waals surface area contributed by atoms with E-state index >= 15 is 0 Å². The molecule has 1 rings (SSSR count). The zero-order chi connectivity index (χ0) is 19.8. The van der Waals surface area contributed by atoms with Crippen LogP contribution in [0.25, 0.3) is 0 Å². The molecule has 0 spiro atoms. The second kappa shape index (κ2) is 10.1. The number of nitrogens with zero attached hydrogens (tertiary/aromatic N) is 1. The minimum Gasteiger partial charge on any atom is -0.495 e. The number of thioether (sulfide) groups is 1. The van der Waals surface area contributed by atoms with Crippen molar-refractivity contribution in [2.45, 2.75) is 38.4 Å². The number of anilines is 1. The number of para-hydroxylation sites is 2. The standard InChI is InChI=1S/C18H30N2O4S2/c1-18(2,3)25-14-12-19-17(21)11-8-13-20(26(5,22)23)15-9-6-7-10-16(15)24-4/h6-7,9-10H,8,11-14H2,1-5H3,(H,19,21). The molecule has 0 aromatic heterocycles. The second-order valence-electron chi connectivity index (χ2n) is 6.92. The Balaban J connectivity index is 2.55. The maximum Gasteiger partial charge on any atom is 0.232 e. The van der Waals surface area contributed by atoms with Crippen molar-refractivity contribution in [2.75, 3.05) is 36.5 Å². The van der Waals surface area contributed by atoms with E-state index in [0.717, 1.165) is 12.0 Å². The van der Waals surface area contributed by atoms with Crippen molar-refractivity contribution in [1.82, 2.24) is 5.32 Å². The van der Waals surface area contributed by atoms with Gasteiger partial charge < -0.3 is 10.1 Å². The second-order valence-corrected chi connectivity index (χ2v) is 10.7. The minimum atomic E-state index is -3.47. The molecule has 26 heavy (non-hydrogen) atoms. The van der Waals surface area contributed by atoms with Gasteiger partial charge in [0.1, 0.15) is 5.75 Å². The van der Waals surface area contributed by atoms with E-state index in [-0.39, 0.29) is 23.6 Å². The van der Waals surface area contributed by atoms with Gasteiger partial charge in [-0.25, -0.2) is 8.42 Å². The van der Waals surface area contributed by atoms with Crippen LogP contribution in [-0.2, 0) is 14.8 Å². The van der Waals surface area contributed by atoms with Gasteiger partial charge >= 0.3 is 0 Å². The summed E-state index contributed by atoms with van der Waals surface area (Å²) in [5.74, 6) is 1.28. The Labute approximate surface area is 161 Å². The Morgan fingerprint density at radius 1 is 1.27 bits per heavy atom. The van der Waals surface area contributed by atoms with Gasteiger partial charge in [0.05, 0.1) is 19.1 Å². The molecule has 148 valence electrons. The predicted molar refractivity (Wildman–Crippen MR) is 110 cm³/mol. The van der Waals surface area contributed by atoms with Crippen LogP contribution >= 0.6 is 11.8 Å². The Bertz CT molecular complexity index is 685. The van der Waals surface area contributed by atoms with Crippen molar-refractivity contribution in [3.8, 4) is 5.75 Å². The van der Waals surface area contributed by atoms with Gasteiger partial charge in [0.15, 0.2) is 0 Å². The fraction of sp³-hybridized carbons (Fsp3) is 0.611. The molecule has 0 heterocycles. The van der Waals surface area contributed by atoms with E-state index in [1.807, 2.05) is 0 Å². The molecule has 0 aliphatic heterocycles. The highest BCUT2D eigenvalue weighted by Gasteiger charge is 2.20. The summed E-state index contributed by atoms with van der Waals surface area (Å²) < 4.78 is 31.0. The normalized spacial score (nSPS) is 11.9. The third-order valence-corrected chi connectivity index (χ3v) is 5.93. The number of carbonyl (C=O) groups excluding carboxylic acids is 1. The summed E-state index contributed by atoms with van der Waals surface area (Å²) in [4.78, 5) is 11.9. The average molecular weight is 403 g/mol. The topological polar surface area (TPSA) is 75.7 Å². The molecule has 0 bridgehead atoms. The molecular weight excluding hydrogens is 372 g/mol. The van der Waals surface area contributed by atoms with Crippen molar-refractivity contribution < 1.29 is 17.9 Å². The molecule has 8 heteroatoms. The molecule has 0 fully saturated rings. The van der Waals surface area contributed by atoms with Crippen LogP contribution in [0, 0.1) is 0 Å². The lowest BCUT2D eigenvalue weighted by Crippen LogP contribution is -2.32. The first kappa shape index (κ1) is 22.6. The number of sulfonamides is 1. The van der Waals surface area contributed by atoms with Gasteiger partial charge in [-0.1, -0.05) is 32.9 Å². The van der Waals surface area contributed by atoms with E-state index in [9.17, 15) is 13.2 Å². The lowest BCUT2D eigenvalue weighted by molar-refractivity contribution is -0.121.